The van der Waals surface area contributed by atoms with Gasteiger partial charge in [-0.3, -0.25) is 4.79 Å². The first kappa shape index (κ1) is 23.0. The summed E-state index contributed by atoms with van der Waals surface area (Å²) in [5.41, 5.74) is 1.46. The summed E-state index contributed by atoms with van der Waals surface area (Å²) in [4.78, 5) is 23.9. The van der Waals surface area contributed by atoms with Crippen LogP contribution in [0.2, 0.25) is 0 Å². The average Bonchev–Trinajstić information content (AvgIpc) is 2.77. The van der Waals surface area contributed by atoms with Crippen molar-refractivity contribution >= 4 is 23.6 Å². The molecule has 0 unspecified atom stereocenters. The van der Waals surface area contributed by atoms with Crippen molar-refractivity contribution in [2.45, 2.75) is 13.8 Å². The van der Waals surface area contributed by atoms with Gasteiger partial charge in [0.05, 0.1) is 18.8 Å². The van der Waals surface area contributed by atoms with Crippen LogP contribution in [0.1, 0.15) is 29.8 Å². The van der Waals surface area contributed by atoms with Gasteiger partial charge in [0.15, 0.2) is 18.1 Å². The van der Waals surface area contributed by atoms with E-state index in [9.17, 15) is 9.59 Å². The third-order valence-corrected chi connectivity index (χ3v) is 3.86. The molecule has 31 heavy (non-hydrogen) atoms. The van der Waals surface area contributed by atoms with Crippen molar-refractivity contribution in [2.75, 3.05) is 25.1 Å². The lowest BCUT2D eigenvalue weighted by Gasteiger charge is -2.13. The molecule has 1 amide bonds. The molecule has 0 fully saturated rings. The molecule has 158 valence electrons. The smallest absolute Gasteiger partial charge is 0.338 e. The largest absolute Gasteiger partial charge is 0.490 e. The molecule has 0 atom stereocenters. The number of carbonyl (C=O) groups excluding carboxylic acids is 2. The molecule has 0 spiro atoms. The topological polar surface area (TPSA) is 121 Å². The number of hydrogen-bond acceptors (Lipinski definition) is 7. The molecule has 0 aliphatic carbocycles. The Balaban J connectivity index is 2.02. The van der Waals surface area contributed by atoms with Gasteiger partial charge in [-0.05, 0) is 61.9 Å². The molecule has 1 N–H and O–H groups in total. The highest BCUT2D eigenvalue weighted by molar-refractivity contribution is 5.93. The minimum absolute atomic E-state index is 0.0375. The number of amides is 1. The number of anilines is 1. The number of rotatable bonds is 9. The van der Waals surface area contributed by atoms with Crippen LogP contribution < -0.4 is 14.8 Å². The molecule has 2 aromatic rings. The van der Waals surface area contributed by atoms with Crippen LogP contribution in [0.5, 0.6) is 11.5 Å². The van der Waals surface area contributed by atoms with Crippen LogP contribution in [0.4, 0.5) is 5.69 Å². The van der Waals surface area contributed by atoms with Crippen LogP contribution in [-0.4, -0.2) is 31.7 Å². The number of hydrogen-bond donors (Lipinski definition) is 1. The summed E-state index contributed by atoms with van der Waals surface area (Å²) in [7, 11) is 0. The van der Waals surface area contributed by atoms with Gasteiger partial charge in [-0.2, -0.15) is 10.5 Å². The summed E-state index contributed by atoms with van der Waals surface area (Å²) in [5.74, 6) is -0.0889. The maximum atomic E-state index is 12.2. The SMILES string of the molecule is CCOC(=O)c1ccc(NC(=O)COc2ccc(C=C(C#N)C#N)cc2OCC)cc1. The second-order valence-electron chi connectivity index (χ2n) is 6.06. The molecule has 2 aromatic carbocycles. The van der Waals surface area contributed by atoms with Gasteiger partial charge in [0.25, 0.3) is 5.91 Å². The van der Waals surface area contributed by atoms with Gasteiger partial charge in [-0.25, -0.2) is 4.79 Å². The molecule has 0 radical (unpaired) electrons. The minimum atomic E-state index is -0.429. The number of nitrogens with one attached hydrogen (secondary N) is 1. The van der Waals surface area contributed by atoms with E-state index in [1.807, 2.05) is 0 Å². The summed E-state index contributed by atoms with van der Waals surface area (Å²) in [5, 5.41) is 20.4. The zero-order valence-corrected chi connectivity index (χ0v) is 17.2. The van der Waals surface area contributed by atoms with Gasteiger partial charge in [-0.15, -0.1) is 0 Å². The monoisotopic (exact) mass is 419 g/mol. The normalized spacial score (nSPS) is 9.55. The van der Waals surface area contributed by atoms with E-state index in [1.165, 1.54) is 6.08 Å². The summed E-state index contributed by atoms with van der Waals surface area (Å²) in [6, 6.07) is 14.8. The Morgan fingerprint density at radius 1 is 0.968 bits per heavy atom. The zero-order chi connectivity index (χ0) is 22.6. The maximum absolute atomic E-state index is 12.2. The van der Waals surface area contributed by atoms with Crippen LogP contribution >= 0.6 is 0 Å². The molecular weight excluding hydrogens is 398 g/mol. The summed E-state index contributed by atoms with van der Waals surface area (Å²) < 4.78 is 16.0. The second-order valence-corrected chi connectivity index (χ2v) is 6.06. The van der Waals surface area contributed by atoms with Gasteiger partial charge in [0.2, 0.25) is 0 Å². The molecule has 0 aliphatic heterocycles. The third-order valence-electron chi connectivity index (χ3n) is 3.86. The van der Waals surface area contributed by atoms with E-state index >= 15 is 0 Å². The third kappa shape index (κ3) is 6.91. The van der Waals surface area contributed by atoms with E-state index in [0.29, 0.717) is 34.9 Å². The molecular formula is C23H21N3O5. The highest BCUT2D eigenvalue weighted by Crippen LogP contribution is 2.29. The fraction of sp³-hybridized carbons (Fsp3) is 0.217. The van der Waals surface area contributed by atoms with Crippen molar-refractivity contribution in [3.8, 4) is 23.6 Å². The number of benzene rings is 2. The van der Waals surface area contributed by atoms with Crippen molar-refractivity contribution in [2.24, 2.45) is 0 Å². The Labute approximate surface area is 180 Å². The van der Waals surface area contributed by atoms with Crippen molar-refractivity contribution in [1.82, 2.24) is 0 Å². The molecule has 2 rings (SSSR count). The lowest BCUT2D eigenvalue weighted by Crippen LogP contribution is -2.20. The van der Waals surface area contributed by atoms with Crippen molar-refractivity contribution in [3.63, 3.8) is 0 Å². The number of nitriles is 2. The Kier molecular flexibility index (Phi) is 8.63. The van der Waals surface area contributed by atoms with Gasteiger partial charge >= 0.3 is 5.97 Å². The molecule has 8 nitrogen and oxygen atoms in total. The summed E-state index contributed by atoms with van der Waals surface area (Å²) in [6.07, 6.45) is 1.43. The Bertz CT molecular complexity index is 1030. The average molecular weight is 419 g/mol. The van der Waals surface area contributed by atoms with E-state index in [-0.39, 0.29) is 18.8 Å². The Hall–Kier alpha value is -4.30. The fourth-order valence-electron chi connectivity index (χ4n) is 2.50. The zero-order valence-electron chi connectivity index (χ0n) is 17.2. The molecule has 0 saturated heterocycles. The summed E-state index contributed by atoms with van der Waals surface area (Å²) >= 11 is 0. The summed E-state index contributed by atoms with van der Waals surface area (Å²) in [6.45, 7) is 3.91. The van der Waals surface area contributed by atoms with Crippen LogP contribution in [0.3, 0.4) is 0 Å². The lowest BCUT2D eigenvalue weighted by atomic mass is 10.1. The maximum Gasteiger partial charge on any atom is 0.338 e. The van der Waals surface area contributed by atoms with Crippen molar-refractivity contribution in [3.05, 3.63) is 59.2 Å². The number of nitrogens with zero attached hydrogens (tertiary/aromatic N) is 2. The van der Waals surface area contributed by atoms with E-state index < -0.39 is 11.9 Å². The number of allylic oxidation sites excluding steroid dienone is 1. The van der Waals surface area contributed by atoms with Crippen molar-refractivity contribution < 1.29 is 23.8 Å². The van der Waals surface area contributed by atoms with Crippen LogP contribution in [0.15, 0.2) is 48.0 Å². The molecule has 0 aliphatic rings. The van der Waals surface area contributed by atoms with E-state index in [4.69, 9.17) is 24.7 Å². The number of ether oxygens (including phenoxy) is 3. The first-order valence-electron chi connectivity index (χ1n) is 9.49. The molecule has 0 heterocycles. The van der Waals surface area contributed by atoms with Crippen LogP contribution in [-0.2, 0) is 9.53 Å². The van der Waals surface area contributed by atoms with Gasteiger partial charge in [-0.1, -0.05) is 6.07 Å². The predicted molar refractivity (Wildman–Crippen MR) is 113 cm³/mol. The molecule has 0 saturated carbocycles. The standard InChI is InChI=1S/C23H21N3O5/c1-3-29-21-12-16(11-17(13-24)14-25)5-10-20(21)31-15-22(27)26-19-8-6-18(7-9-19)23(28)30-4-2/h5-12H,3-4,15H2,1-2H3,(H,26,27). The van der Waals surface area contributed by atoms with Gasteiger partial charge < -0.3 is 19.5 Å². The van der Waals surface area contributed by atoms with E-state index in [2.05, 4.69) is 5.32 Å². The van der Waals surface area contributed by atoms with E-state index in [0.717, 1.165) is 0 Å². The molecule has 0 bridgehead atoms. The fourth-order valence-corrected chi connectivity index (χ4v) is 2.50. The first-order valence-corrected chi connectivity index (χ1v) is 9.49. The minimum Gasteiger partial charge on any atom is -0.490 e. The quantitative estimate of drug-likeness (QED) is 0.486. The highest BCUT2D eigenvalue weighted by atomic mass is 16.5. The number of carbonyl (C=O) groups is 2. The van der Waals surface area contributed by atoms with Gasteiger partial charge in [0, 0.05) is 5.69 Å². The Morgan fingerprint density at radius 2 is 1.68 bits per heavy atom. The lowest BCUT2D eigenvalue weighted by molar-refractivity contribution is -0.118. The number of esters is 1. The Morgan fingerprint density at radius 3 is 2.29 bits per heavy atom. The van der Waals surface area contributed by atoms with Crippen molar-refractivity contribution in [1.29, 1.82) is 10.5 Å². The van der Waals surface area contributed by atoms with E-state index in [1.54, 1.807) is 68.5 Å². The first-order chi connectivity index (χ1) is 15.0. The second kappa shape index (κ2) is 11.6. The van der Waals surface area contributed by atoms with Crippen LogP contribution in [0.25, 0.3) is 6.08 Å². The molecule has 0 aromatic heterocycles. The highest BCUT2D eigenvalue weighted by Gasteiger charge is 2.11. The van der Waals surface area contributed by atoms with Crippen LogP contribution in [0, 0.1) is 22.7 Å². The molecule has 8 heteroatoms. The predicted octanol–water partition coefficient (Wildman–Crippen LogP) is 3.71. The van der Waals surface area contributed by atoms with Gasteiger partial charge in [0.1, 0.15) is 17.7 Å².